The predicted octanol–water partition coefficient (Wildman–Crippen LogP) is 3.73. The van der Waals surface area contributed by atoms with E-state index in [0.29, 0.717) is 17.0 Å². The van der Waals surface area contributed by atoms with E-state index in [1.165, 1.54) is 0 Å². The molecule has 0 spiro atoms. The number of nitrogens with one attached hydrogen (secondary N) is 1. The molecule has 9 heteroatoms. The minimum atomic E-state index is -0.561. The Hall–Kier alpha value is -3.75. The summed E-state index contributed by atoms with van der Waals surface area (Å²) < 4.78 is 16.2. The highest BCUT2D eigenvalue weighted by Gasteiger charge is 2.22. The molecule has 0 aliphatic carbocycles. The van der Waals surface area contributed by atoms with E-state index in [-0.39, 0.29) is 24.1 Å². The van der Waals surface area contributed by atoms with Gasteiger partial charge in [-0.15, -0.1) is 10.2 Å². The third-order valence-corrected chi connectivity index (χ3v) is 4.28. The van der Waals surface area contributed by atoms with Gasteiger partial charge >= 0.3 is 5.97 Å². The highest BCUT2D eigenvalue weighted by atomic mass is 16.5. The Labute approximate surface area is 166 Å². The summed E-state index contributed by atoms with van der Waals surface area (Å²) in [7, 11) is 0. The monoisotopic (exact) mass is 393 g/mol. The minimum absolute atomic E-state index is 0.160. The molecule has 0 saturated carbocycles. The maximum Gasteiger partial charge on any atom is 0.359 e. The molecular formula is C20H19N5O4. The summed E-state index contributed by atoms with van der Waals surface area (Å²) in [5.41, 5.74) is 3.19. The van der Waals surface area contributed by atoms with Crippen molar-refractivity contribution >= 4 is 5.97 Å². The van der Waals surface area contributed by atoms with E-state index in [9.17, 15) is 4.79 Å². The fraction of sp³-hybridized carbons (Fsp3) is 0.250. The molecule has 4 rings (SSSR count). The first-order valence-electron chi connectivity index (χ1n) is 9.21. The van der Waals surface area contributed by atoms with Gasteiger partial charge in [0, 0.05) is 11.3 Å². The van der Waals surface area contributed by atoms with Crippen LogP contribution >= 0.6 is 0 Å². The summed E-state index contributed by atoms with van der Waals surface area (Å²) in [5, 5.41) is 18.9. The zero-order chi connectivity index (χ0) is 20.2. The molecule has 0 amide bonds. The molecule has 3 heterocycles. The fourth-order valence-corrected chi connectivity index (χ4v) is 2.89. The molecule has 1 N–H and O–H groups in total. The second kappa shape index (κ2) is 8.09. The summed E-state index contributed by atoms with van der Waals surface area (Å²) in [6, 6.07) is 11.2. The average molecular weight is 393 g/mol. The molecular weight excluding hydrogens is 374 g/mol. The Morgan fingerprint density at radius 2 is 2.03 bits per heavy atom. The third-order valence-electron chi connectivity index (χ3n) is 4.28. The molecule has 0 aliphatic heterocycles. The largest absolute Gasteiger partial charge is 0.451 e. The quantitative estimate of drug-likeness (QED) is 0.472. The summed E-state index contributed by atoms with van der Waals surface area (Å²) in [4.78, 5) is 12.1. The van der Waals surface area contributed by atoms with Crippen molar-refractivity contribution < 1.29 is 18.5 Å². The average Bonchev–Trinajstić information content (AvgIpc) is 3.47. The standard InChI is InChI=1S/C20H19N5O4/c1-3-7-14-10-15(22-21-14)20(26)27-11-16-23-24-19(28-16)17-12(2)29-25-18(17)13-8-5-4-6-9-13/h4-6,8-10H,3,7,11H2,1-2H3,(H,21,22). The zero-order valence-corrected chi connectivity index (χ0v) is 16.0. The molecule has 29 heavy (non-hydrogen) atoms. The number of esters is 1. The van der Waals surface area contributed by atoms with E-state index in [1.807, 2.05) is 37.3 Å². The van der Waals surface area contributed by atoms with Crippen molar-refractivity contribution in [2.45, 2.75) is 33.3 Å². The first kappa shape index (κ1) is 18.6. The van der Waals surface area contributed by atoms with Crippen molar-refractivity contribution in [3.8, 4) is 22.7 Å². The van der Waals surface area contributed by atoms with Crippen molar-refractivity contribution in [2.24, 2.45) is 0 Å². The third kappa shape index (κ3) is 3.93. The van der Waals surface area contributed by atoms with E-state index in [0.717, 1.165) is 24.1 Å². The number of aryl methyl sites for hydroxylation is 2. The minimum Gasteiger partial charge on any atom is -0.451 e. The van der Waals surface area contributed by atoms with E-state index in [2.05, 4.69) is 25.6 Å². The van der Waals surface area contributed by atoms with Crippen LogP contribution in [-0.2, 0) is 17.8 Å². The van der Waals surface area contributed by atoms with Gasteiger partial charge in [0.1, 0.15) is 17.0 Å². The van der Waals surface area contributed by atoms with E-state index in [4.69, 9.17) is 13.7 Å². The van der Waals surface area contributed by atoms with Crippen molar-refractivity contribution in [1.29, 1.82) is 0 Å². The normalized spacial score (nSPS) is 11.0. The Balaban J connectivity index is 1.48. The van der Waals surface area contributed by atoms with Gasteiger partial charge in [0.05, 0.1) is 0 Å². The number of nitrogens with zero attached hydrogens (tertiary/aromatic N) is 4. The van der Waals surface area contributed by atoms with Gasteiger partial charge in [-0.3, -0.25) is 5.10 Å². The van der Waals surface area contributed by atoms with Gasteiger partial charge in [-0.25, -0.2) is 4.79 Å². The summed E-state index contributed by atoms with van der Waals surface area (Å²) in [6.07, 6.45) is 1.77. The van der Waals surface area contributed by atoms with E-state index >= 15 is 0 Å². The Kier molecular flexibility index (Phi) is 5.19. The molecule has 0 unspecified atom stereocenters. The predicted molar refractivity (Wildman–Crippen MR) is 102 cm³/mol. The van der Waals surface area contributed by atoms with Crippen LogP contribution in [0.1, 0.15) is 41.2 Å². The Morgan fingerprint density at radius 3 is 2.83 bits per heavy atom. The van der Waals surface area contributed by atoms with E-state index in [1.54, 1.807) is 13.0 Å². The van der Waals surface area contributed by atoms with Crippen molar-refractivity contribution in [2.75, 3.05) is 0 Å². The lowest BCUT2D eigenvalue weighted by Gasteiger charge is -1.99. The SMILES string of the molecule is CCCc1cc(C(=O)OCc2nnc(-c3c(-c4ccccc4)noc3C)o2)n[nH]1. The molecule has 0 saturated heterocycles. The molecule has 0 fully saturated rings. The molecule has 0 atom stereocenters. The van der Waals surface area contributed by atoms with Gasteiger partial charge in [0.15, 0.2) is 12.3 Å². The number of carbonyl (C=O) groups is 1. The fourth-order valence-electron chi connectivity index (χ4n) is 2.89. The number of H-pyrrole nitrogens is 1. The second-order valence-corrected chi connectivity index (χ2v) is 6.43. The Morgan fingerprint density at radius 1 is 1.21 bits per heavy atom. The van der Waals surface area contributed by atoms with Crippen LogP contribution in [0.2, 0.25) is 0 Å². The highest BCUT2D eigenvalue weighted by Crippen LogP contribution is 2.33. The summed E-state index contributed by atoms with van der Waals surface area (Å²) in [5.74, 6) is 0.404. The zero-order valence-electron chi connectivity index (χ0n) is 16.0. The maximum atomic E-state index is 12.1. The molecule has 148 valence electrons. The van der Waals surface area contributed by atoms with Gasteiger partial charge in [0.25, 0.3) is 11.8 Å². The number of rotatable bonds is 7. The first-order valence-corrected chi connectivity index (χ1v) is 9.21. The number of aromatic nitrogens is 5. The first-order chi connectivity index (χ1) is 14.2. The van der Waals surface area contributed by atoms with Gasteiger partial charge in [-0.1, -0.05) is 48.8 Å². The van der Waals surface area contributed by atoms with Crippen LogP contribution in [0.25, 0.3) is 22.7 Å². The lowest BCUT2D eigenvalue weighted by atomic mass is 10.1. The summed E-state index contributed by atoms with van der Waals surface area (Å²) >= 11 is 0. The van der Waals surface area contributed by atoms with Crippen LogP contribution in [0.3, 0.4) is 0 Å². The number of ether oxygens (including phenoxy) is 1. The van der Waals surface area contributed by atoms with Crippen LogP contribution in [0.4, 0.5) is 0 Å². The maximum absolute atomic E-state index is 12.1. The van der Waals surface area contributed by atoms with Crippen LogP contribution in [0.5, 0.6) is 0 Å². The summed E-state index contributed by atoms with van der Waals surface area (Å²) in [6.45, 7) is 3.66. The molecule has 0 radical (unpaired) electrons. The lowest BCUT2D eigenvalue weighted by Crippen LogP contribution is -2.05. The van der Waals surface area contributed by atoms with Gasteiger partial charge in [-0.2, -0.15) is 5.10 Å². The van der Waals surface area contributed by atoms with Crippen LogP contribution in [0.15, 0.2) is 45.3 Å². The van der Waals surface area contributed by atoms with E-state index < -0.39 is 5.97 Å². The van der Waals surface area contributed by atoms with Gasteiger partial charge in [-0.05, 0) is 19.4 Å². The highest BCUT2D eigenvalue weighted by molar-refractivity contribution is 5.87. The number of aromatic amines is 1. The van der Waals surface area contributed by atoms with Crippen LogP contribution in [-0.4, -0.2) is 31.5 Å². The number of hydrogen-bond donors (Lipinski definition) is 1. The molecule has 0 bridgehead atoms. The van der Waals surface area contributed by atoms with Crippen LogP contribution < -0.4 is 0 Å². The molecule has 0 aliphatic rings. The van der Waals surface area contributed by atoms with Crippen LogP contribution in [0, 0.1) is 6.92 Å². The molecule has 1 aromatic carbocycles. The van der Waals surface area contributed by atoms with Crippen molar-refractivity contribution in [3.63, 3.8) is 0 Å². The number of benzene rings is 1. The van der Waals surface area contributed by atoms with Crippen molar-refractivity contribution in [3.05, 3.63) is 59.4 Å². The molecule has 4 aromatic rings. The smallest absolute Gasteiger partial charge is 0.359 e. The van der Waals surface area contributed by atoms with Crippen molar-refractivity contribution in [1.82, 2.24) is 25.6 Å². The second-order valence-electron chi connectivity index (χ2n) is 6.43. The van der Waals surface area contributed by atoms with Gasteiger partial charge < -0.3 is 13.7 Å². The topological polar surface area (TPSA) is 120 Å². The lowest BCUT2D eigenvalue weighted by molar-refractivity contribution is 0.0431. The number of carbonyl (C=O) groups excluding carboxylic acids is 1. The Bertz CT molecular complexity index is 1110. The molecule has 3 aromatic heterocycles. The molecule has 9 nitrogen and oxygen atoms in total. The van der Waals surface area contributed by atoms with Gasteiger partial charge in [0.2, 0.25) is 0 Å². The number of hydrogen-bond acceptors (Lipinski definition) is 8.